The van der Waals surface area contributed by atoms with Gasteiger partial charge in [0.15, 0.2) is 0 Å². The third-order valence-electron chi connectivity index (χ3n) is 13.7. The van der Waals surface area contributed by atoms with E-state index in [0.29, 0.717) is 73.0 Å². The molecule has 0 aliphatic carbocycles. The average molecular weight is 1160 g/mol. The molecular weight excluding hydrogens is 1100 g/mol. The van der Waals surface area contributed by atoms with Crippen LogP contribution in [0.2, 0.25) is 0 Å². The fourth-order valence-electron chi connectivity index (χ4n) is 10.3. The summed E-state index contributed by atoms with van der Waals surface area (Å²) in [6, 6.07) is 66.6. The first-order valence-corrected chi connectivity index (χ1v) is 25.0. The van der Waals surface area contributed by atoms with Gasteiger partial charge in [0.05, 0.1) is 4.11 Å². The summed E-state index contributed by atoms with van der Waals surface area (Å²) >= 11 is 0. The van der Waals surface area contributed by atoms with Crippen LogP contribution >= 0.6 is 0 Å². The molecule has 0 radical (unpaired) electrons. The summed E-state index contributed by atoms with van der Waals surface area (Å²) in [7, 11) is 0. The largest absolute Gasteiger partial charge is 0.509 e. The van der Waals surface area contributed by atoms with Crippen molar-refractivity contribution in [3.8, 4) is 73.3 Å². The molecule has 0 unspecified atom stereocenters. The topological polar surface area (TPSA) is 42.8 Å². The number of ether oxygens (including phenoxy) is 2. The van der Waals surface area contributed by atoms with Gasteiger partial charge in [-0.3, -0.25) is 0 Å². The number of pyridine rings is 1. The van der Waals surface area contributed by atoms with E-state index in [0.717, 1.165) is 56.0 Å². The minimum Gasteiger partial charge on any atom is -0.509 e. The molecule has 15 rings (SSSR count). The van der Waals surface area contributed by atoms with E-state index in [9.17, 15) is 6.85 Å². The summed E-state index contributed by atoms with van der Waals surface area (Å²) in [6.07, 6.45) is 0.194. The molecule has 11 aromatic rings. The molecule has 0 saturated carbocycles. The molecule has 12 bridgehead atoms. The maximum absolute atomic E-state index is 9.79. The summed E-state index contributed by atoms with van der Waals surface area (Å²) < 4.78 is 63.3. The van der Waals surface area contributed by atoms with Crippen molar-refractivity contribution in [1.29, 1.82) is 0 Å². The van der Waals surface area contributed by atoms with E-state index in [1.54, 1.807) is 0 Å². The Labute approximate surface area is 460 Å². The molecule has 0 N–H and O–H groups in total. The summed E-state index contributed by atoms with van der Waals surface area (Å²) in [5.74, 6) is 2.25. The number of anilines is 4. The first kappa shape index (κ1) is 42.2. The first-order chi connectivity index (χ1) is 38.1. The molecule has 4 aliphatic rings. The molecule has 7 heteroatoms. The van der Waals surface area contributed by atoms with Crippen LogP contribution in [0.5, 0.6) is 23.0 Å². The minimum absolute atomic E-state index is 0. The van der Waals surface area contributed by atoms with Crippen LogP contribution in [-0.4, -0.2) is 9.55 Å². The van der Waals surface area contributed by atoms with Gasteiger partial charge in [0, 0.05) is 80.8 Å². The summed E-state index contributed by atoms with van der Waals surface area (Å²) in [5.41, 5.74) is 11.9. The van der Waals surface area contributed by atoms with Crippen LogP contribution in [0.25, 0.3) is 72.1 Å². The van der Waals surface area contributed by atoms with E-state index in [4.69, 9.17) is 14.5 Å². The average Bonchev–Trinajstić information content (AvgIpc) is 3.23. The number of benzene rings is 9. The van der Waals surface area contributed by atoms with Gasteiger partial charge in [-0.15, -0.1) is 48.1 Å². The van der Waals surface area contributed by atoms with Crippen LogP contribution in [0.4, 0.5) is 22.7 Å². The molecule has 0 saturated heterocycles. The molecule has 75 heavy (non-hydrogen) atoms. The fourth-order valence-corrected chi connectivity index (χ4v) is 10.3. The molecule has 0 atom stereocenters. The van der Waals surface area contributed by atoms with Gasteiger partial charge in [-0.1, -0.05) is 149 Å². The van der Waals surface area contributed by atoms with Gasteiger partial charge < -0.3 is 23.8 Å². The van der Waals surface area contributed by atoms with Gasteiger partial charge in [-0.25, -0.2) is 4.98 Å². The molecule has 370 valence electrons. The van der Waals surface area contributed by atoms with Crippen molar-refractivity contribution >= 4 is 44.6 Å². The van der Waals surface area contributed by atoms with E-state index in [2.05, 4.69) is 85.8 Å². The van der Waals surface area contributed by atoms with E-state index in [-0.39, 0.29) is 50.5 Å². The minimum atomic E-state index is -1.67. The smallest absolute Gasteiger partial charge is 0.135 e. The van der Waals surface area contributed by atoms with E-state index >= 15 is 0 Å². The van der Waals surface area contributed by atoms with Gasteiger partial charge in [0.25, 0.3) is 0 Å². The van der Waals surface area contributed by atoms with Crippen molar-refractivity contribution in [1.82, 2.24) is 9.55 Å². The van der Waals surface area contributed by atoms with Crippen LogP contribution in [0, 0.1) is 24.7 Å². The Morgan fingerprint density at radius 3 is 2.01 bits per heavy atom. The van der Waals surface area contributed by atoms with Gasteiger partial charge in [0.2, 0.25) is 0 Å². The predicted molar refractivity (Wildman–Crippen MR) is 303 cm³/mol. The molecule has 6 nitrogen and oxygen atoms in total. The standard InChI is InChI=1S/C68H53N4O2.Pt/c1-44(2)34-45-35-57(47-18-10-7-11-19-47)67-58(36-45)50-20-14-22-53(37-50)73-52-29-26-48(27-30-52)60-42-69-66(41-61(60)68(3,4)5)72-62-33-28-49(46-16-8-6-9-17-46)38-59(62)56-32-31-55(40-65(56)72)74-54-23-15-21-51(39-54)70-43-71(67)64-25-13-12-24-63(64)70;/h6-33,35-38,41-44H,34H2,1-5H3;/q-3;/i28D,33D,34D2,38D;. The Balaban J connectivity index is 0.00000637. The van der Waals surface area contributed by atoms with Crippen molar-refractivity contribution in [2.45, 2.75) is 46.4 Å². The van der Waals surface area contributed by atoms with Gasteiger partial charge in [-0.2, -0.15) is 12.1 Å². The number of fused-ring (bicyclic) bond motifs is 5. The summed E-state index contributed by atoms with van der Waals surface area (Å²) in [4.78, 5) is 9.43. The third-order valence-corrected chi connectivity index (χ3v) is 13.7. The third kappa shape index (κ3) is 8.87. The zero-order valence-electron chi connectivity index (χ0n) is 47.0. The Hall–Kier alpha value is -8.18. The van der Waals surface area contributed by atoms with Crippen molar-refractivity contribution in [2.75, 3.05) is 9.80 Å². The first-order valence-electron chi connectivity index (χ1n) is 27.5. The Kier molecular flexibility index (Phi) is 10.8. The van der Waals surface area contributed by atoms with E-state index in [1.807, 2.05) is 170 Å². The van der Waals surface area contributed by atoms with Crippen molar-refractivity contribution in [3.05, 3.63) is 236 Å². The molecule has 2 aromatic heterocycles. The van der Waals surface area contributed by atoms with Gasteiger partial charge in [-0.05, 0) is 123 Å². The molecule has 9 aromatic carbocycles. The number of rotatable bonds is 4. The van der Waals surface area contributed by atoms with E-state index < -0.39 is 6.37 Å². The number of hydrogen-bond acceptors (Lipinski definition) is 5. The maximum atomic E-state index is 9.79. The zero-order chi connectivity index (χ0) is 54.5. The van der Waals surface area contributed by atoms with Gasteiger partial charge >= 0.3 is 0 Å². The van der Waals surface area contributed by atoms with Crippen molar-refractivity contribution in [3.63, 3.8) is 0 Å². The summed E-state index contributed by atoms with van der Waals surface area (Å²) in [5, 5.41) is 1.19. The molecule has 0 fully saturated rings. The quantitative estimate of drug-likeness (QED) is 0.164. The number of aromatic nitrogens is 2. The normalized spacial score (nSPS) is 13.9. The van der Waals surface area contributed by atoms with Crippen LogP contribution in [0.3, 0.4) is 0 Å². The van der Waals surface area contributed by atoms with Crippen LogP contribution in [0.1, 0.15) is 52.6 Å². The number of para-hydroxylation sites is 2. The monoisotopic (exact) mass is 1160 g/mol. The van der Waals surface area contributed by atoms with Crippen molar-refractivity contribution < 1.29 is 37.4 Å². The second kappa shape index (κ2) is 19.3. The van der Waals surface area contributed by atoms with Crippen LogP contribution < -0.4 is 19.3 Å². The predicted octanol–water partition coefficient (Wildman–Crippen LogP) is 18.2. The molecule has 6 heterocycles. The number of nitrogens with zero attached hydrogens (tertiary/aromatic N) is 4. The van der Waals surface area contributed by atoms with Gasteiger partial charge in [0.1, 0.15) is 17.3 Å². The zero-order valence-corrected chi connectivity index (χ0v) is 44.2. The maximum Gasteiger partial charge on any atom is 0.135 e. The van der Waals surface area contributed by atoms with Crippen LogP contribution in [0.15, 0.2) is 206 Å². The summed E-state index contributed by atoms with van der Waals surface area (Å²) in [6.45, 7) is 12.4. The molecular formula is C68H53N4O2Pt-3. The Morgan fingerprint density at radius 1 is 0.600 bits per heavy atom. The second-order valence-electron chi connectivity index (χ2n) is 20.2. The van der Waals surface area contributed by atoms with Crippen molar-refractivity contribution in [2.24, 2.45) is 5.92 Å². The Bertz CT molecular complexity index is 4220. The molecule has 0 amide bonds. The second-order valence-corrected chi connectivity index (χ2v) is 20.2. The van der Waals surface area contributed by atoms with E-state index in [1.165, 1.54) is 0 Å². The Morgan fingerprint density at radius 2 is 1.27 bits per heavy atom. The number of hydrogen-bond donors (Lipinski definition) is 0. The SMILES string of the molecule is [2H]c1c(-c2ccccc2)c([2H])c2c3ccc4[c-]c3n(c2c1[2H])-c1cc(C(C)(C)C)c(cn1)-c1ccc(cc1)Oc1cccc(c1)-c1cc(C([2H])([2H])C(C)C)cc(-c2ccccc2)c1N1[CH-]N(c2[c-]c(ccc2)O4)c2ccccc21.[Pt]. The van der Waals surface area contributed by atoms with Crippen LogP contribution in [-0.2, 0) is 32.9 Å². The molecule has 0 spiro atoms. The fraction of sp³-hybridized carbons (Fsp3) is 0.118. The molecule has 4 aliphatic heterocycles.